The van der Waals surface area contributed by atoms with Crippen LogP contribution in [0.1, 0.15) is 28.8 Å². The molecule has 7 heteroatoms. The van der Waals surface area contributed by atoms with Crippen LogP contribution in [-0.2, 0) is 4.79 Å². The van der Waals surface area contributed by atoms with Crippen molar-refractivity contribution in [1.29, 1.82) is 5.26 Å². The Balaban J connectivity index is 1.40. The lowest BCUT2D eigenvalue weighted by molar-refractivity contribution is -0.113. The first-order valence-corrected chi connectivity index (χ1v) is 14.4. The fourth-order valence-corrected chi connectivity index (χ4v) is 5.93. The Hall–Kier alpha value is -5.06. The van der Waals surface area contributed by atoms with Crippen molar-refractivity contribution < 1.29 is 14.3 Å². The lowest BCUT2D eigenvalue weighted by Gasteiger charge is -2.30. The number of benzene rings is 4. The highest BCUT2D eigenvalue weighted by Gasteiger charge is 2.35. The minimum atomic E-state index is -0.616. The van der Waals surface area contributed by atoms with Gasteiger partial charge in [-0.15, -0.1) is 0 Å². The number of carbonyl (C=O) groups excluding carboxylic acids is 2. The molecule has 0 aromatic heterocycles. The van der Waals surface area contributed by atoms with Crippen LogP contribution in [0.5, 0.6) is 5.75 Å². The molecule has 0 unspecified atom stereocenters. The van der Waals surface area contributed by atoms with Gasteiger partial charge in [-0.3, -0.25) is 9.59 Å². The molecule has 2 N–H and O–H groups in total. The van der Waals surface area contributed by atoms with Crippen molar-refractivity contribution >= 4 is 29.1 Å². The summed E-state index contributed by atoms with van der Waals surface area (Å²) in [4.78, 5) is 26.9. The number of hydrogen-bond acceptors (Lipinski definition) is 6. The molecular formula is C35H29N3O3S. The van der Waals surface area contributed by atoms with Crippen molar-refractivity contribution in [2.45, 2.75) is 12.8 Å². The van der Waals surface area contributed by atoms with Crippen molar-refractivity contribution in [3.63, 3.8) is 0 Å². The van der Waals surface area contributed by atoms with Crippen LogP contribution in [-0.4, -0.2) is 24.6 Å². The van der Waals surface area contributed by atoms with Crippen LogP contribution in [0, 0.1) is 11.3 Å². The molecule has 0 saturated carbocycles. The van der Waals surface area contributed by atoms with E-state index in [1.807, 2.05) is 104 Å². The van der Waals surface area contributed by atoms with Gasteiger partial charge in [-0.05, 0) is 35.7 Å². The molecule has 1 atom stereocenters. The zero-order chi connectivity index (χ0) is 29.5. The maximum Gasteiger partial charge on any atom is 0.254 e. The van der Waals surface area contributed by atoms with Gasteiger partial charge in [0.2, 0.25) is 0 Å². The van der Waals surface area contributed by atoms with Gasteiger partial charge in [-0.25, -0.2) is 0 Å². The number of amides is 1. The maximum atomic E-state index is 13.7. The molecule has 0 spiro atoms. The minimum Gasteiger partial charge on any atom is -0.495 e. The number of nitriles is 1. The SMILES string of the molecule is COc1ccccc1NC(=O)C1=C(C)NC(SCC(=O)c2ccc(-c3ccccc3)cc2)=C(C#N)[C@@H]1c1ccccc1. The van der Waals surface area contributed by atoms with E-state index in [9.17, 15) is 14.9 Å². The molecule has 42 heavy (non-hydrogen) atoms. The standard InChI is InChI=1S/C35H29N3O3S/c1-23-32(34(40)38-29-15-9-10-16-31(29)41-2)33(27-13-7-4-8-14-27)28(21-36)35(37-23)42-22-30(39)26-19-17-25(18-20-26)24-11-5-3-6-12-24/h3-20,33,37H,22H2,1-2H3,(H,38,40)/t33-/m0/s1. The Morgan fingerprint density at radius 3 is 2.17 bits per heavy atom. The Bertz CT molecular complexity index is 1710. The number of Topliss-reactive ketones (excluding diaryl/α,β-unsaturated/α-hetero) is 1. The van der Waals surface area contributed by atoms with E-state index in [1.54, 1.807) is 19.2 Å². The molecule has 1 aliphatic heterocycles. The molecule has 6 nitrogen and oxygen atoms in total. The van der Waals surface area contributed by atoms with E-state index in [-0.39, 0.29) is 17.4 Å². The predicted octanol–water partition coefficient (Wildman–Crippen LogP) is 7.31. The highest BCUT2D eigenvalue weighted by Crippen LogP contribution is 2.41. The van der Waals surface area contributed by atoms with E-state index in [0.717, 1.165) is 16.7 Å². The number of thioether (sulfide) groups is 1. The fraction of sp³-hybridized carbons (Fsp3) is 0.114. The summed E-state index contributed by atoms with van der Waals surface area (Å²) in [6.45, 7) is 1.81. The van der Waals surface area contributed by atoms with Crippen LogP contribution in [0.2, 0.25) is 0 Å². The number of nitrogens with one attached hydrogen (secondary N) is 2. The van der Waals surface area contributed by atoms with Gasteiger partial charge in [0.1, 0.15) is 5.75 Å². The Labute approximate surface area is 249 Å². The average molecular weight is 572 g/mol. The molecule has 0 radical (unpaired) electrons. The van der Waals surface area contributed by atoms with Gasteiger partial charge in [-0.1, -0.05) is 109 Å². The average Bonchev–Trinajstić information content (AvgIpc) is 3.04. The zero-order valence-electron chi connectivity index (χ0n) is 23.3. The van der Waals surface area contributed by atoms with Gasteiger partial charge in [-0.2, -0.15) is 5.26 Å². The van der Waals surface area contributed by atoms with E-state index < -0.39 is 5.92 Å². The normalized spacial score (nSPS) is 14.5. The molecular weight excluding hydrogens is 542 g/mol. The number of rotatable bonds is 9. The maximum absolute atomic E-state index is 13.7. The highest BCUT2D eigenvalue weighted by atomic mass is 32.2. The van der Waals surface area contributed by atoms with Crippen LogP contribution in [0.3, 0.4) is 0 Å². The highest BCUT2D eigenvalue weighted by molar-refractivity contribution is 8.03. The second-order valence-corrected chi connectivity index (χ2v) is 10.7. The summed E-state index contributed by atoms with van der Waals surface area (Å²) in [6.07, 6.45) is 0. The van der Waals surface area contributed by atoms with Gasteiger partial charge in [0.05, 0.1) is 41.1 Å². The summed E-state index contributed by atoms with van der Waals surface area (Å²) in [7, 11) is 1.55. The largest absolute Gasteiger partial charge is 0.495 e. The van der Waals surface area contributed by atoms with Gasteiger partial charge in [0.25, 0.3) is 5.91 Å². The van der Waals surface area contributed by atoms with Crippen molar-refractivity contribution in [3.8, 4) is 22.9 Å². The number of ether oxygens (including phenoxy) is 1. The number of ketones is 1. The van der Waals surface area contributed by atoms with E-state index in [2.05, 4.69) is 16.7 Å². The quantitative estimate of drug-likeness (QED) is 0.205. The molecule has 1 aliphatic rings. The van der Waals surface area contributed by atoms with Gasteiger partial charge < -0.3 is 15.4 Å². The monoisotopic (exact) mass is 571 g/mol. The first kappa shape index (κ1) is 28.5. The molecule has 0 bridgehead atoms. The molecule has 1 amide bonds. The lowest BCUT2D eigenvalue weighted by atomic mass is 9.82. The third kappa shape index (κ3) is 6.14. The number of carbonyl (C=O) groups is 2. The number of hydrogen-bond donors (Lipinski definition) is 2. The van der Waals surface area contributed by atoms with Crippen molar-refractivity contribution in [1.82, 2.24) is 5.32 Å². The van der Waals surface area contributed by atoms with Crippen LogP contribution in [0.4, 0.5) is 5.69 Å². The fourth-order valence-electron chi connectivity index (χ4n) is 4.94. The predicted molar refractivity (Wildman–Crippen MR) is 168 cm³/mol. The summed E-state index contributed by atoms with van der Waals surface area (Å²) in [5.41, 5.74) is 5.47. The lowest BCUT2D eigenvalue weighted by Crippen LogP contribution is -2.31. The van der Waals surface area contributed by atoms with Crippen LogP contribution >= 0.6 is 11.8 Å². The summed E-state index contributed by atoms with van der Waals surface area (Å²) < 4.78 is 5.41. The topological polar surface area (TPSA) is 91.2 Å². The Morgan fingerprint density at radius 1 is 0.881 bits per heavy atom. The van der Waals surface area contributed by atoms with Crippen LogP contribution in [0.15, 0.2) is 131 Å². The molecule has 0 fully saturated rings. The number of nitrogens with zero attached hydrogens (tertiary/aromatic N) is 1. The van der Waals surface area contributed by atoms with Gasteiger partial charge in [0, 0.05) is 16.8 Å². The van der Waals surface area contributed by atoms with Crippen molar-refractivity contribution in [3.05, 3.63) is 142 Å². The number of anilines is 1. The smallest absolute Gasteiger partial charge is 0.254 e. The molecule has 4 aromatic carbocycles. The van der Waals surface area contributed by atoms with E-state index in [0.29, 0.717) is 38.9 Å². The van der Waals surface area contributed by atoms with E-state index >= 15 is 0 Å². The van der Waals surface area contributed by atoms with Gasteiger partial charge in [0.15, 0.2) is 5.78 Å². The molecule has 4 aromatic rings. The van der Waals surface area contributed by atoms with Crippen LogP contribution in [0.25, 0.3) is 11.1 Å². The van der Waals surface area contributed by atoms with Crippen molar-refractivity contribution in [2.75, 3.05) is 18.2 Å². The second-order valence-electron chi connectivity index (χ2n) is 9.67. The summed E-state index contributed by atoms with van der Waals surface area (Å²) in [5.74, 6) is -0.342. The molecule has 5 rings (SSSR count). The minimum absolute atomic E-state index is 0.0520. The number of allylic oxidation sites excluding steroid dienone is 2. The summed E-state index contributed by atoms with van der Waals surface area (Å²) in [5, 5.41) is 17.1. The van der Waals surface area contributed by atoms with Crippen LogP contribution < -0.4 is 15.4 Å². The molecule has 0 aliphatic carbocycles. The Kier molecular flexibility index (Phi) is 8.86. The molecule has 1 heterocycles. The van der Waals surface area contributed by atoms with Crippen molar-refractivity contribution in [2.24, 2.45) is 0 Å². The number of methoxy groups -OCH3 is 1. The third-order valence-corrected chi connectivity index (χ3v) is 8.06. The van der Waals surface area contributed by atoms with E-state index in [4.69, 9.17) is 4.74 Å². The number of para-hydroxylation sites is 2. The molecule has 208 valence electrons. The summed E-state index contributed by atoms with van der Waals surface area (Å²) in [6, 6.07) is 36.5. The van der Waals surface area contributed by atoms with Gasteiger partial charge >= 0.3 is 0 Å². The number of dihydropyridines is 1. The van der Waals surface area contributed by atoms with E-state index in [1.165, 1.54) is 11.8 Å². The third-order valence-electron chi connectivity index (χ3n) is 7.04. The second kappa shape index (κ2) is 13.1. The summed E-state index contributed by atoms with van der Waals surface area (Å²) >= 11 is 1.27. The first-order chi connectivity index (χ1) is 20.5. The first-order valence-electron chi connectivity index (χ1n) is 13.4. The molecule has 0 saturated heterocycles. The zero-order valence-corrected chi connectivity index (χ0v) is 24.1. The Morgan fingerprint density at radius 2 is 1.50 bits per heavy atom.